The standard InChI is InChI=1S/C19H37N3O3/c1-6-8-17(12-14-21-19(4,5)16(3)22-25)11-13-20-18(24)10-7-9-15(2)23/h17,21,25H,6-14H2,1-5H3,(H,20,24)/b22-16-. The van der Waals surface area contributed by atoms with Gasteiger partial charge in [0.15, 0.2) is 0 Å². The minimum atomic E-state index is -0.323. The molecule has 0 aliphatic heterocycles. The zero-order valence-electron chi connectivity index (χ0n) is 16.7. The Bertz CT molecular complexity index is 434. The Morgan fingerprint density at radius 2 is 1.72 bits per heavy atom. The van der Waals surface area contributed by atoms with Gasteiger partial charge in [-0.1, -0.05) is 24.9 Å². The lowest BCUT2D eigenvalue weighted by molar-refractivity contribution is -0.121. The van der Waals surface area contributed by atoms with Crippen LogP contribution in [0.25, 0.3) is 0 Å². The summed E-state index contributed by atoms with van der Waals surface area (Å²) < 4.78 is 0. The number of amides is 1. The van der Waals surface area contributed by atoms with Crippen LogP contribution in [0.4, 0.5) is 0 Å². The van der Waals surface area contributed by atoms with Gasteiger partial charge >= 0.3 is 0 Å². The molecule has 0 aromatic heterocycles. The first-order valence-corrected chi connectivity index (χ1v) is 9.43. The molecule has 0 aromatic carbocycles. The fourth-order valence-corrected chi connectivity index (χ4v) is 2.68. The van der Waals surface area contributed by atoms with Crippen LogP contribution in [0.3, 0.4) is 0 Å². The first-order valence-electron chi connectivity index (χ1n) is 9.43. The van der Waals surface area contributed by atoms with Crippen LogP contribution in [0.5, 0.6) is 0 Å². The molecule has 0 saturated carbocycles. The van der Waals surface area contributed by atoms with Gasteiger partial charge in [-0.25, -0.2) is 0 Å². The minimum absolute atomic E-state index is 0.0329. The van der Waals surface area contributed by atoms with E-state index in [2.05, 4.69) is 22.7 Å². The lowest BCUT2D eigenvalue weighted by atomic mass is 9.94. The van der Waals surface area contributed by atoms with Crippen LogP contribution >= 0.6 is 0 Å². The number of hydrogen-bond donors (Lipinski definition) is 3. The van der Waals surface area contributed by atoms with Crippen molar-refractivity contribution in [2.45, 2.75) is 85.1 Å². The van der Waals surface area contributed by atoms with E-state index < -0.39 is 0 Å². The number of nitrogens with one attached hydrogen (secondary N) is 2. The molecule has 0 rings (SSSR count). The summed E-state index contributed by atoms with van der Waals surface area (Å²) in [6.45, 7) is 11.1. The van der Waals surface area contributed by atoms with Crippen LogP contribution in [0.1, 0.15) is 79.6 Å². The van der Waals surface area contributed by atoms with Gasteiger partial charge in [-0.05, 0) is 59.4 Å². The molecule has 1 atom stereocenters. The third-order valence-electron chi connectivity index (χ3n) is 4.68. The predicted octanol–water partition coefficient (Wildman–Crippen LogP) is 3.28. The average molecular weight is 356 g/mol. The van der Waals surface area contributed by atoms with Gasteiger partial charge < -0.3 is 20.6 Å². The molecule has 0 aliphatic rings. The molecule has 0 fully saturated rings. The van der Waals surface area contributed by atoms with Crippen molar-refractivity contribution >= 4 is 17.4 Å². The minimum Gasteiger partial charge on any atom is -0.411 e. The highest BCUT2D eigenvalue weighted by Gasteiger charge is 2.21. The van der Waals surface area contributed by atoms with Crippen molar-refractivity contribution in [3.8, 4) is 0 Å². The number of nitrogens with zero attached hydrogens (tertiary/aromatic N) is 1. The van der Waals surface area contributed by atoms with Crippen molar-refractivity contribution in [1.82, 2.24) is 10.6 Å². The van der Waals surface area contributed by atoms with Crippen LogP contribution in [-0.4, -0.2) is 41.2 Å². The normalized spacial score (nSPS) is 13.6. The van der Waals surface area contributed by atoms with Crippen LogP contribution in [0.2, 0.25) is 0 Å². The molecule has 1 unspecified atom stereocenters. The van der Waals surface area contributed by atoms with Crippen molar-refractivity contribution < 1.29 is 14.8 Å². The van der Waals surface area contributed by atoms with Crippen molar-refractivity contribution in [3.63, 3.8) is 0 Å². The second-order valence-electron chi connectivity index (χ2n) is 7.37. The molecule has 0 aliphatic carbocycles. The van der Waals surface area contributed by atoms with Gasteiger partial charge in [0, 0.05) is 19.4 Å². The summed E-state index contributed by atoms with van der Waals surface area (Å²) in [4.78, 5) is 22.6. The number of Topliss-reactive ketones (excluding diaryl/α,β-unsaturated/α-hetero) is 1. The van der Waals surface area contributed by atoms with Crippen molar-refractivity contribution in [2.75, 3.05) is 13.1 Å². The molecule has 0 aromatic rings. The summed E-state index contributed by atoms with van der Waals surface area (Å²) in [6, 6.07) is 0. The first kappa shape index (κ1) is 23.6. The summed E-state index contributed by atoms with van der Waals surface area (Å²) in [5, 5.41) is 18.6. The maximum Gasteiger partial charge on any atom is 0.220 e. The Kier molecular flexibility index (Phi) is 12.1. The SMILES string of the molecule is CCCC(CCNC(=O)CCCC(C)=O)CCNC(C)(C)/C(C)=N\O. The molecule has 0 spiro atoms. The van der Waals surface area contributed by atoms with E-state index in [4.69, 9.17) is 5.21 Å². The molecule has 0 saturated heterocycles. The highest BCUT2D eigenvalue weighted by atomic mass is 16.4. The van der Waals surface area contributed by atoms with E-state index in [9.17, 15) is 9.59 Å². The third-order valence-corrected chi connectivity index (χ3v) is 4.68. The molecule has 0 radical (unpaired) electrons. The Balaban J connectivity index is 4.09. The second kappa shape index (κ2) is 12.9. The number of ketones is 1. The fraction of sp³-hybridized carbons (Fsp3) is 0.842. The number of hydrogen-bond acceptors (Lipinski definition) is 5. The van der Waals surface area contributed by atoms with E-state index in [1.165, 1.54) is 0 Å². The molecule has 1 amide bonds. The Labute approximate surface area is 152 Å². The molecule has 3 N–H and O–H groups in total. The van der Waals surface area contributed by atoms with E-state index >= 15 is 0 Å². The van der Waals surface area contributed by atoms with Crippen LogP contribution in [0.15, 0.2) is 5.16 Å². The average Bonchev–Trinajstić information content (AvgIpc) is 2.53. The molecule has 0 heterocycles. The van der Waals surface area contributed by atoms with E-state index in [0.29, 0.717) is 37.4 Å². The van der Waals surface area contributed by atoms with Crippen LogP contribution in [-0.2, 0) is 9.59 Å². The highest BCUT2D eigenvalue weighted by molar-refractivity contribution is 5.90. The Morgan fingerprint density at radius 1 is 1.08 bits per heavy atom. The fourth-order valence-electron chi connectivity index (χ4n) is 2.68. The van der Waals surface area contributed by atoms with Gasteiger partial charge in [0.2, 0.25) is 5.91 Å². The van der Waals surface area contributed by atoms with Crippen molar-refractivity contribution in [3.05, 3.63) is 0 Å². The Morgan fingerprint density at radius 3 is 2.28 bits per heavy atom. The van der Waals surface area contributed by atoms with Gasteiger partial charge in [-0.2, -0.15) is 0 Å². The lowest BCUT2D eigenvalue weighted by Gasteiger charge is -2.26. The molecular weight excluding hydrogens is 318 g/mol. The summed E-state index contributed by atoms with van der Waals surface area (Å²) in [5.41, 5.74) is 0.341. The zero-order chi connectivity index (χ0) is 19.3. The number of carbonyl (C=O) groups excluding carboxylic acids is 2. The van der Waals surface area contributed by atoms with Crippen molar-refractivity contribution in [1.29, 1.82) is 0 Å². The van der Waals surface area contributed by atoms with Crippen LogP contribution < -0.4 is 10.6 Å². The van der Waals surface area contributed by atoms with Gasteiger partial charge in [0.05, 0.1) is 11.3 Å². The molecule has 0 bridgehead atoms. The molecular formula is C19H37N3O3. The van der Waals surface area contributed by atoms with E-state index in [0.717, 1.165) is 32.2 Å². The molecule has 25 heavy (non-hydrogen) atoms. The van der Waals surface area contributed by atoms with Gasteiger partial charge in [0.25, 0.3) is 0 Å². The quantitative estimate of drug-likeness (QED) is 0.253. The molecule has 146 valence electrons. The van der Waals surface area contributed by atoms with Crippen molar-refractivity contribution in [2.24, 2.45) is 11.1 Å². The second-order valence-corrected chi connectivity index (χ2v) is 7.37. The molecule has 6 nitrogen and oxygen atoms in total. The summed E-state index contributed by atoms with van der Waals surface area (Å²) in [5.74, 6) is 0.718. The summed E-state index contributed by atoms with van der Waals surface area (Å²) in [7, 11) is 0. The largest absolute Gasteiger partial charge is 0.411 e. The summed E-state index contributed by atoms with van der Waals surface area (Å²) in [6.07, 6.45) is 5.77. The van der Waals surface area contributed by atoms with Gasteiger partial charge in [-0.3, -0.25) is 4.79 Å². The monoisotopic (exact) mass is 355 g/mol. The topological polar surface area (TPSA) is 90.8 Å². The Hall–Kier alpha value is -1.43. The number of carbonyl (C=O) groups is 2. The third kappa shape index (κ3) is 11.7. The van der Waals surface area contributed by atoms with E-state index in [-0.39, 0.29) is 17.2 Å². The highest BCUT2D eigenvalue weighted by Crippen LogP contribution is 2.16. The number of rotatable bonds is 14. The van der Waals surface area contributed by atoms with Gasteiger partial charge in [-0.15, -0.1) is 0 Å². The maximum absolute atomic E-state index is 11.7. The molecule has 6 heteroatoms. The summed E-state index contributed by atoms with van der Waals surface area (Å²) >= 11 is 0. The first-order chi connectivity index (χ1) is 11.7. The van der Waals surface area contributed by atoms with Gasteiger partial charge in [0.1, 0.15) is 5.78 Å². The smallest absolute Gasteiger partial charge is 0.220 e. The maximum atomic E-state index is 11.7. The lowest BCUT2D eigenvalue weighted by Crippen LogP contribution is -2.46. The zero-order valence-corrected chi connectivity index (χ0v) is 16.7. The van der Waals surface area contributed by atoms with E-state index in [1.54, 1.807) is 13.8 Å². The van der Waals surface area contributed by atoms with E-state index in [1.807, 2.05) is 13.8 Å². The van der Waals surface area contributed by atoms with Crippen LogP contribution in [0, 0.1) is 5.92 Å². The predicted molar refractivity (Wildman–Crippen MR) is 102 cm³/mol. The number of oxime groups is 1.